The first-order valence-electron chi connectivity index (χ1n) is 10.8. The molecule has 1 N–H and O–H groups in total. The maximum atomic E-state index is 13.0. The first-order valence-corrected chi connectivity index (χ1v) is 10.8. The minimum absolute atomic E-state index is 0. The number of hydrogen-bond donors (Lipinski definition) is 1. The molecule has 1 aliphatic rings. The van der Waals surface area contributed by atoms with Crippen LogP contribution >= 0.6 is 0 Å². The van der Waals surface area contributed by atoms with Crippen LogP contribution in [0.15, 0.2) is 84.4 Å². The van der Waals surface area contributed by atoms with E-state index in [9.17, 15) is 14.7 Å². The second kappa shape index (κ2) is 9.52. The fraction of sp³-hybridized carbons (Fsp3) is 0.103. The van der Waals surface area contributed by atoms with Crippen LogP contribution in [0.5, 0.6) is 0 Å². The van der Waals surface area contributed by atoms with Crippen molar-refractivity contribution < 1.29 is 45.6 Å². The fourth-order valence-electron chi connectivity index (χ4n) is 4.63. The topological polar surface area (TPSA) is 63.6 Å². The number of rotatable bonds is 4. The van der Waals surface area contributed by atoms with Gasteiger partial charge in [0, 0.05) is 31.8 Å². The molecule has 1 aliphatic carbocycles. The fourth-order valence-corrected chi connectivity index (χ4v) is 4.63. The maximum Gasteiger partial charge on any atom is 0.339 e. The maximum absolute atomic E-state index is 13.0. The smallest absolute Gasteiger partial charge is 0.339 e. The minimum Gasteiger partial charge on any atom is -0.478 e. The molecule has 34 heavy (non-hydrogen) atoms. The predicted molar refractivity (Wildman–Crippen MR) is 129 cm³/mol. The molecule has 4 nitrogen and oxygen atoms in total. The van der Waals surface area contributed by atoms with Gasteiger partial charge in [0.2, 0.25) is 0 Å². The van der Waals surface area contributed by atoms with E-state index in [-0.39, 0.29) is 37.3 Å². The van der Waals surface area contributed by atoms with Crippen molar-refractivity contribution in [2.45, 2.75) is 20.0 Å². The van der Waals surface area contributed by atoms with Gasteiger partial charge in [-0.05, 0) is 64.6 Å². The second-order valence-electron chi connectivity index (χ2n) is 8.29. The zero-order valence-corrected chi connectivity index (χ0v) is 21.3. The van der Waals surface area contributed by atoms with E-state index in [0.29, 0.717) is 5.56 Å². The summed E-state index contributed by atoms with van der Waals surface area (Å²) in [5, 5.41) is 11.7. The van der Waals surface area contributed by atoms with Crippen LogP contribution in [-0.2, 0) is 30.9 Å². The zero-order chi connectivity index (χ0) is 23.1. The van der Waals surface area contributed by atoms with E-state index in [2.05, 4.69) is 42.5 Å². The molecule has 4 aromatic rings. The number of carboxylic acid groups (broad SMARTS) is 1. The van der Waals surface area contributed by atoms with Crippen molar-refractivity contribution in [3.8, 4) is 11.1 Å². The number of benzene rings is 4. The Morgan fingerprint density at radius 1 is 0.794 bits per heavy atom. The van der Waals surface area contributed by atoms with Crippen LogP contribution in [0.2, 0.25) is 0 Å². The summed E-state index contributed by atoms with van der Waals surface area (Å²) in [6.45, 7) is 3.58. The van der Waals surface area contributed by atoms with Gasteiger partial charge in [0.15, 0.2) is 0 Å². The van der Waals surface area contributed by atoms with Gasteiger partial charge < -0.3 is 9.84 Å². The molecule has 0 spiro atoms. The standard InChI is InChI=1S/C29H22O4.Zr/c1-17-16-26-24(23-13-5-9-19-8-3-4-10-22(19)23)14-7-15-25(26)27(17)33-29(32)21-12-6-11-20(18(21)2)28(30)31;/h3-16,27H,1-2H3,(H,30,31);. The first kappa shape index (κ1) is 23.8. The Morgan fingerprint density at radius 2 is 1.44 bits per heavy atom. The Morgan fingerprint density at radius 3 is 2.24 bits per heavy atom. The Kier molecular flexibility index (Phi) is 6.68. The number of hydrogen-bond acceptors (Lipinski definition) is 3. The van der Waals surface area contributed by atoms with Crippen molar-refractivity contribution in [3.05, 3.63) is 112 Å². The molecule has 166 valence electrons. The monoisotopic (exact) mass is 524 g/mol. The largest absolute Gasteiger partial charge is 0.478 e. The van der Waals surface area contributed by atoms with Gasteiger partial charge in [-0.2, -0.15) is 0 Å². The molecule has 5 heteroatoms. The van der Waals surface area contributed by atoms with Crippen molar-refractivity contribution in [2.24, 2.45) is 0 Å². The number of carboxylic acids is 1. The molecule has 0 saturated heterocycles. The Hall–Kier alpha value is -3.30. The predicted octanol–water partition coefficient (Wildman–Crippen LogP) is 6.83. The van der Waals surface area contributed by atoms with Crippen LogP contribution < -0.4 is 0 Å². The summed E-state index contributed by atoms with van der Waals surface area (Å²) >= 11 is 0. The van der Waals surface area contributed by atoms with Crippen LogP contribution in [0.1, 0.15) is 50.4 Å². The van der Waals surface area contributed by atoms with Crippen LogP contribution in [0.3, 0.4) is 0 Å². The quantitative estimate of drug-likeness (QED) is 0.297. The van der Waals surface area contributed by atoms with E-state index in [1.165, 1.54) is 16.8 Å². The van der Waals surface area contributed by atoms with Gasteiger partial charge in [-0.25, -0.2) is 9.59 Å². The summed E-state index contributed by atoms with van der Waals surface area (Å²) in [4.78, 5) is 24.5. The van der Waals surface area contributed by atoms with Crippen molar-refractivity contribution in [3.63, 3.8) is 0 Å². The molecule has 4 aromatic carbocycles. The molecule has 0 aliphatic heterocycles. The van der Waals surface area contributed by atoms with Gasteiger partial charge in [0.05, 0.1) is 11.1 Å². The van der Waals surface area contributed by atoms with Gasteiger partial charge >= 0.3 is 11.9 Å². The third kappa shape index (κ3) is 4.06. The van der Waals surface area contributed by atoms with Gasteiger partial charge in [0.25, 0.3) is 0 Å². The SMILES string of the molecule is CC1=Cc2c(-c3cccc4ccccc34)cccc2C1OC(=O)c1cccc(C(=O)O)c1C.[Zr]. The van der Waals surface area contributed by atoms with Gasteiger partial charge in [0.1, 0.15) is 6.10 Å². The second-order valence-corrected chi connectivity index (χ2v) is 8.29. The number of fused-ring (bicyclic) bond motifs is 2. The van der Waals surface area contributed by atoms with E-state index in [4.69, 9.17) is 4.74 Å². The van der Waals surface area contributed by atoms with Crippen molar-refractivity contribution in [2.75, 3.05) is 0 Å². The Bertz CT molecular complexity index is 1460. The molecule has 1 atom stereocenters. The summed E-state index contributed by atoms with van der Waals surface area (Å²) in [5.41, 5.74) is 5.89. The molecular weight excluding hydrogens is 504 g/mol. The molecule has 0 radical (unpaired) electrons. The molecule has 1 unspecified atom stereocenters. The number of carbonyl (C=O) groups is 2. The van der Waals surface area contributed by atoms with E-state index in [0.717, 1.165) is 27.8 Å². The Labute approximate surface area is 217 Å². The van der Waals surface area contributed by atoms with Crippen molar-refractivity contribution in [1.82, 2.24) is 0 Å². The summed E-state index contributed by atoms with van der Waals surface area (Å²) < 4.78 is 5.93. The van der Waals surface area contributed by atoms with Gasteiger partial charge in [-0.15, -0.1) is 0 Å². The van der Waals surface area contributed by atoms with Gasteiger partial charge in [-0.1, -0.05) is 72.8 Å². The average Bonchev–Trinajstić information content (AvgIpc) is 3.13. The average molecular weight is 526 g/mol. The van der Waals surface area contributed by atoms with Crippen LogP contribution in [0.25, 0.3) is 28.0 Å². The summed E-state index contributed by atoms with van der Waals surface area (Å²) in [7, 11) is 0. The summed E-state index contributed by atoms with van der Waals surface area (Å²) in [6.07, 6.45) is 1.56. The molecular formula is C29H22O4Zr. The first-order chi connectivity index (χ1) is 16.0. The number of esters is 1. The molecule has 0 fully saturated rings. The number of carbonyl (C=O) groups excluding carboxylic acids is 1. The molecule has 0 saturated carbocycles. The third-order valence-electron chi connectivity index (χ3n) is 6.30. The molecule has 0 heterocycles. The van der Waals surface area contributed by atoms with Crippen molar-refractivity contribution in [1.29, 1.82) is 0 Å². The van der Waals surface area contributed by atoms with Crippen LogP contribution in [-0.4, -0.2) is 17.0 Å². The summed E-state index contributed by atoms with van der Waals surface area (Å²) in [6, 6.07) is 25.3. The van der Waals surface area contributed by atoms with E-state index in [1.54, 1.807) is 19.1 Å². The minimum atomic E-state index is -1.07. The zero-order valence-electron chi connectivity index (χ0n) is 18.8. The number of ether oxygens (including phenoxy) is 1. The molecule has 0 aromatic heterocycles. The van der Waals surface area contributed by atoms with Crippen LogP contribution in [0.4, 0.5) is 0 Å². The Balaban J connectivity index is 0.00000274. The molecule has 0 amide bonds. The van der Waals surface area contributed by atoms with Crippen molar-refractivity contribution >= 4 is 28.8 Å². The van der Waals surface area contributed by atoms with E-state index in [1.807, 2.05) is 31.2 Å². The van der Waals surface area contributed by atoms with E-state index < -0.39 is 18.0 Å². The molecule has 0 bridgehead atoms. The molecule has 5 rings (SSSR count). The number of aromatic carboxylic acids is 1. The van der Waals surface area contributed by atoms with Gasteiger partial charge in [-0.3, -0.25) is 0 Å². The van der Waals surface area contributed by atoms with E-state index >= 15 is 0 Å². The third-order valence-corrected chi connectivity index (χ3v) is 6.30. The summed E-state index contributed by atoms with van der Waals surface area (Å²) in [5.74, 6) is -1.60. The van der Waals surface area contributed by atoms with Crippen LogP contribution in [0, 0.1) is 6.92 Å². The normalized spacial score (nSPS) is 14.2.